The molecular formula is C14H17N3O3. The molecule has 1 saturated carbocycles. The Hall–Kier alpha value is -2.13. The van der Waals surface area contributed by atoms with Gasteiger partial charge in [-0.25, -0.2) is 0 Å². The van der Waals surface area contributed by atoms with Gasteiger partial charge in [0.05, 0.1) is 17.1 Å². The molecule has 2 atom stereocenters. The van der Waals surface area contributed by atoms with Gasteiger partial charge >= 0.3 is 0 Å². The summed E-state index contributed by atoms with van der Waals surface area (Å²) >= 11 is 0. The van der Waals surface area contributed by atoms with Crippen molar-refractivity contribution in [2.24, 2.45) is 0 Å². The van der Waals surface area contributed by atoms with Crippen molar-refractivity contribution in [2.45, 2.75) is 37.3 Å². The number of nitro benzene ring substituents is 1. The molecule has 0 heterocycles. The van der Waals surface area contributed by atoms with Gasteiger partial charge in [0.25, 0.3) is 5.69 Å². The van der Waals surface area contributed by atoms with Crippen molar-refractivity contribution in [3.8, 4) is 11.8 Å². The zero-order valence-corrected chi connectivity index (χ0v) is 11.3. The molecule has 1 aromatic carbocycles. The highest BCUT2D eigenvalue weighted by Gasteiger charge is 2.36. The van der Waals surface area contributed by atoms with Crippen LogP contribution in [0.25, 0.3) is 0 Å². The minimum Gasteiger partial charge on any atom is -0.490 e. The number of hydrogen-bond acceptors (Lipinski definition) is 5. The second kappa shape index (κ2) is 5.88. The first-order valence-electron chi connectivity index (χ1n) is 6.60. The number of nitro groups is 1. The lowest BCUT2D eigenvalue weighted by molar-refractivity contribution is -0.384. The maximum atomic E-state index is 10.7. The predicted octanol–water partition coefficient (Wildman–Crippen LogP) is 2.40. The van der Waals surface area contributed by atoms with E-state index in [0.717, 1.165) is 19.3 Å². The van der Waals surface area contributed by atoms with E-state index in [-0.39, 0.29) is 11.8 Å². The molecule has 106 valence electrons. The van der Waals surface area contributed by atoms with Crippen LogP contribution < -0.4 is 10.1 Å². The molecule has 0 saturated heterocycles. The molecule has 1 N–H and O–H groups in total. The predicted molar refractivity (Wildman–Crippen MR) is 73.4 cm³/mol. The molecule has 20 heavy (non-hydrogen) atoms. The molecular weight excluding hydrogens is 258 g/mol. The number of nitrogens with one attached hydrogen (secondary N) is 1. The summed E-state index contributed by atoms with van der Waals surface area (Å²) in [6, 6.07) is 8.47. The van der Waals surface area contributed by atoms with Gasteiger partial charge in [-0.05, 0) is 32.4 Å². The van der Waals surface area contributed by atoms with Crippen molar-refractivity contribution >= 4 is 5.69 Å². The summed E-state index contributed by atoms with van der Waals surface area (Å²) in [6.07, 6.45) is 3.04. The third-order valence-corrected chi connectivity index (χ3v) is 3.73. The summed E-state index contributed by atoms with van der Waals surface area (Å²) in [4.78, 5) is 10.3. The minimum atomic E-state index is -0.552. The van der Waals surface area contributed by atoms with E-state index in [1.807, 2.05) is 0 Å². The zero-order chi connectivity index (χ0) is 14.6. The summed E-state index contributed by atoms with van der Waals surface area (Å²) in [6.45, 7) is 0. The highest BCUT2D eigenvalue weighted by Crippen LogP contribution is 2.31. The van der Waals surface area contributed by atoms with Crippen LogP contribution in [-0.2, 0) is 0 Å². The maximum Gasteiger partial charge on any atom is 0.273 e. The highest BCUT2D eigenvalue weighted by molar-refractivity contribution is 5.38. The van der Waals surface area contributed by atoms with E-state index in [1.165, 1.54) is 12.1 Å². The fourth-order valence-corrected chi connectivity index (χ4v) is 2.57. The molecule has 0 spiro atoms. The van der Waals surface area contributed by atoms with Gasteiger partial charge in [0, 0.05) is 12.5 Å². The molecule has 6 nitrogen and oxygen atoms in total. The van der Waals surface area contributed by atoms with E-state index in [9.17, 15) is 15.4 Å². The second-order valence-corrected chi connectivity index (χ2v) is 5.03. The Morgan fingerprint density at radius 1 is 1.60 bits per heavy atom. The van der Waals surface area contributed by atoms with Crippen LogP contribution in [0.15, 0.2) is 24.3 Å². The molecule has 1 aliphatic carbocycles. The van der Waals surface area contributed by atoms with Gasteiger partial charge in [0.2, 0.25) is 0 Å². The first kappa shape index (κ1) is 14.3. The average Bonchev–Trinajstić information content (AvgIpc) is 2.47. The summed E-state index contributed by atoms with van der Waals surface area (Å²) in [5.74, 6) is 0.481. The number of benzene rings is 1. The first-order chi connectivity index (χ1) is 9.58. The Labute approximate surface area is 117 Å². The SMILES string of the molecule is CNC1(C#N)CCCC(Oc2cccc([N+](=O)[O-])c2)C1. The third kappa shape index (κ3) is 3.06. The summed E-state index contributed by atoms with van der Waals surface area (Å²) in [5.41, 5.74) is -0.539. The Balaban J connectivity index is 2.08. The number of nitriles is 1. The quantitative estimate of drug-likeness (QED) is 0.673. The molecule has 1 fully saturated rings. The van der Waals surface area contributed by atoms with Gasteiger partial charge in [0.1, 0.15) is 17.4 Å². The summed E-state index contributed by atoms with van der Waals surface area (Å²) < 4.78 is 5.81. The standard InChI is InChI=1S/C14H17N3O3/c1-16-14(10-15)7-3-6-13(9-14)20-12-5-2-4-11(8-12)17(18)19/h2,4-5,8,13,16H,3,6-7,9H2,1H3. The lowest BCUT2D eigenvalue weighted by Crippen LogP contribution is -2.48. The molecule has 0 radical (unpaired) electrons. The smallest absolute Gasteiger partial charge is 0.273 e. The largest absolute Gasteiger partial charge is 0.490 e. The van der Waals surface area contributed by atoms with Gasteiger partial charge in [0.15, 0.2) is 0 Å². The Morgan fingerprint density at radius 3 is 3.05 bits per heavy atom. The number of ether oxygens (including phenoxy) is 1. The highest BCUT2D eigenvalue weighted by atomic mass is 16.6. The van der Waals surface area contributed by atoms with Gasteiger partial charge in [-0.3, -0.25) is 10.1 Å². The number of rotatable bonds is 4. The summed E-state index contributed by atoms with van der Waals surface area (Å²) in [5, 5.41) is 23.1. The van der Waals surface area contributed by atoms with Crippen molar-refractivity contribution in [1.29, 1.82) is 5.26 Å². The maximum absolute atomic E-state index is 10.7. The molecule has 6 heteroatoms. The van der Waals surface area contributed by atoms with E-state index >= 15 is 0 Å². The lowest BCUT2D eigenvalue weighted by Gasteiger charge is -2.35. The number of hydrogen-bond donors (Lipinski definition) is 1. The van der Waals surface area contributed by atoms with E-state index in [0.29, 0.717) is 12.2 Å². The zero-order valence-electron chi connectivity index (χ0n) is 11.3. The second-order valence-electron chi connectivity index (χ2n) is 5.03. The van der Waals surface area contributed by atoms with Gasteiger partial charge < -0.3 is 10.1 Å². The topological polar surface area (TPSA) is 88.2 Å². The van der Waals surface area contributed by atoms with E-state index in [4.69, 9.17) is 4.74 Å². The van der Waals surface area contributed by atoms with Gasteiger partial charge in [-0.2, -0.15) is 5.26 Å². The lowest BCUT2D eigenvalue weighted by atomic mass is 9.81. The molecule has 2 unspecified atom stereocenters. The number of nitrogens with zero attached hydrogens (tertiary/aromatic N) is 2. The average molecular weight is 275 g/mol. The van der Waals surface area contributed by atoms with E-state index in [2.05, 4.69) is 11.4 Å². The molecule has 0 amide bonds. The normalized spacial score (nSPS) is 25.7. The van der Waals surface area contributed by atoms with Crippen molar-refractivity contribution in [3.05, 3.63) is 34.4 Å². The summed E-state index contributed by atoms with van der Waals surface area (Å²) in [7, 11) is 1.78. The molecule has 1 aromatic rings. The van der Waals surface area contributed by atoms with Crippen LogP contribution in [0, 0.1) is 21.4 Å². The molecule has 0 aromatic heterocycles. The van der Waals surface area contributed by atoms with Crippen LogP contribution >= 0.6 is 0 Å². The van der Waals surface area contributed by atoms with E-state index < -0.39 is 10.5 Å². The van der Waals surface area contributed by atoms with Gasteiger partial charge in [-0.15, -0.1) is 0 Å². The van der Waals surface area contributed by atoms with Crippen LogP contribution in [0.3, 0.4) is 0 Å². The van der Waals surface area contributed by atoms with Crippen molar-refractivity contribution < 1.29 is 9.66 Å². The first-order valence-corrected chi connectivity index (χ1v) is 6.60. The van der Waals surface area contributed by atoms with Crippen LogP contribution in [-0.4, -0.2) is 23.6 Å². The van der Waals surface area contributed by atoms with Gasteiger partial charge in [-0.1, -0.05) is 6.07 Å². The van der Waals surface area contributed by atoms with E-state index in [1.54, 1.807) is 19.2 Å². The molecule has 1 aliphatic rings. The molecule has 0 aliphatic heterocycles. The van der Waals surface area contributed by atoms with Crippen molar-refractivity contribution in [2.75, 3.05) is 7.05 Å². The number of non-ortho nitro benzene ring substituents is 1. The monoisotopic (exact) mass is 275 g/mol. The van der Waals surface area contributed by atoms with Crippen molar-refractivity contribution in [3.63, 3.8) is 0 Å². The fraction of sp³-hybridized carbons (Fsp3) is 0.500. The molecule has 2 rings (SSSR count). The Morgan fingerprint density at radius 2 is 2.40 bits per heavy atom. The molecule has 0 bridgehead atoms. The van der Waals surface area contributed by atoms with Crippen molar-refractivity contribution in [1.82, 2.24) is 5.32 Å². The van der Waals surface area contributed by atoms with Crippen LogP contribution in [0.1, 0.15) is 25.7 Å². The van der Waals surface area contributed by atoms with Crippen LogP contribution in [0.2, 0.25) is 0 Å². The Bertz CT molecular complexity index is 541. The van der Waals surface area contributed by atoms with Crippen LogP contribution in [0.5, 0.6) is 5.75 Å². The fourth-order valence-electron chi connectivity index (χ4n) is 2.57. The third-order valence-electron chi connectivity index (χ3n) is 3.73. The minimum absolute atomic E-state index is 0.0125. The Kier molecular flexibility index (Phi) is 4.20. The van der Waals surface area contributed by atoms with Crippen LogP contribution in [0.4, 0.5) is 5.69 Å².